The first-order valence-corrected chi connectivity index (χ1v) is 11.1. The van der Waals surface area contributed by atoms with Gasteiger partial charge < -0.3 is 4.57 Å². The van der Waals surface area contributed by atoms with E-state index in [9.17, 15) is 13.7 Å². The van der Waals surface area contributed by atoms with Crippen LogP contribution in [0.2, 0.25) is 0 Å². The van der Waals surface area contributed by atoms with Crippen LogP contribution in [-0.4, -0.2) is 27.6 Å². The highest BCUT2D eigenvalue weighted by Gasteiger charge is 2.20. The van der Waals surface area contributed by atoms with E-state index < -0.39 is 10.0 Å². The van der Waals surface area contributed by atoms with E-state index in [0.717, 1.165) is 11.3 Å². The third-order valence-corrected chi connectivity index (χ3v) is 6.46. The van der Waals surface area contributed by atoms with E-state index in [0.29, 0.717) is 16.8 Å². The van der Waals surface area contributed by atoms with Crippen molar-refractivity contribution in [3.8, 4) is 17.5 Å². The van der Waals surface area contributed by atoms with Gasteiger partial charge in [0.25, 0.3) is 10.0 Å². The lowest BCUT2D eigenvalue weighted by Crippen LogP contribution is -2.17. The van der Waals surface area contributed by atoms with Crippen molar-refractivity contribution < 1.29 is 8.42 Å². The van der Waals surface area contributed by atoms with Gasteiger partial charge in [-0.05, 0) is 41.3 Å². The van der Waals surface area contributed by atoms with Gasteiger partial charge in [-0.15, -0.1) is 0 Å². The van der Waals surface area contributed by atoms with Gasteiger partial charge in [-0.25, -0.2) is 17.9 Å². The Labute approximate surface area is 180 Å². The maximum Gasteiger partial charge on any atom is 0.263 e. The van der Waals surface area contributed by atoms with Gasteiger partial charge in [-0.2, -0.15) is 10.4 Å². The Morgan fingerprint density at radius 2 is 1.81 bits per heavy atom. The van der Waals surface area contributed by atoms with Gasteiger partial charge in [0.15, 0.2) is 0 Å². The molecule has 0 fully saturated rings. The molecule has 31 heavy (non-hydrogen) atoms. The molecule has 1 aromatic carbocycles. The summed E-state index contributed by atoms with van der Waals surface area (Å²) in [5.41, 5.74) is 3.18. The van der Waals surface area contributed by atoms with E-state index in [1.807, 2.05) is 19.2 Å². The van der Waals surface area contributed by atoms with E-state index in [-0.39, 0.29) is 16.1 Å². The Bertz CT molecular complexity index is 1420. The van der Waals surface area contributed by atoms with Crippen molar-refractivity contribution in [2.24, 2.45) is 7.05 Å². The minimum Gasteiger partial charge on any atom is -0.332 e. The van der Waals surface area contributed by atoms with Crippen molar-refractivity contribution in [3.05, 3.63) is 66.1 Å². The van der Waals surface area contributed by atoms with Crippen LogP contribution in [0.4, 0.5) is 5.82 Å². The van der Waals surface area contributed by atoms with Gasteiger partial charge in [0.05, 0.1) is 34.2 Å². The summed E-state index contributed by atoms with van der Waals surface area (Å²) in [6.07, 6.45) is 3.31. The lowest BCUT2D eigenvalue weighted by Gasteiger charge is -2.19. The molecule has 0 saturated carbocycles. The van der Waals surface area contributed by atoms with E-state index in [2.05, 4.69) is 41.6 Å². The van der Waals surface area contributed by atoms with Crippen LogP contribution in [0.3, 0.4) is 0 Å². The predicted octanol–water partition coefficient (Wildman–Crippen LogP) is 3.70. The van der Waals surface area contributed by atoms with Crippen molar-refractivity contribution in [1.29, 1.82) is 5.26 Å². The number of rotatable bonds is 4. The Balaban J connectivity index is 1.77. The molecule has 0 aliphatic carbocycles. The number of pyridine rings is 1. The number of benzene rings is 1. The highest BCUT2D eigenvalue weighted by Crippen LogP contribution is 2.27. The molecule has 158 valence electrons. The second-order valence-corrected chi connectivity index (χ2v) is 10.0. The molecule has 0 atom stereocenters. The summed E-state index contributed by atoms with van der Waals surface area (Å²) in [4.78, 5) is 4.24. The van der Waals surface area contributed by atoms with E-state index in [4.69, 9.17) is 0 Å². The third-order valence-electron chi connectivity index (χ3n) is 5.09. The number of nitriles is 1. The molecule has 9 heteroatoms. The van der Waals surface area contributed by atoms with Crippen LogP contribution >= 0.6 is 0 Å². The summed E-state index contributed by atoms with van der Waals surface area (Å²) < 4.78 is 31.9. The minimum absolute atomic E-state index is 0.0771. The molecule has 4 aromatic rings. The molecular weight excluding hydrogens is 412 g/mol. The van der Waals surface area contributed by atoms with Crippen LogP contribution < -0.4 is 4.72 Å². The fourth-order valence-corrected chi connectivity index (χ4v) is 4.35. The highest BCUT2D eigenvalue weighted by atomic mass is 32.2. The first-order valence-electron chi connectivity index (χ1n) is 9.63. The number of fused-ring (bicyclic) bond motifs is 1. The number of nitrogens with one attached hydrogen (secondary N) is 1. The lowest BCUT2D eigenvalue weighted by atomic mass is 9.87. The Hall–Kier alpha value is -3.64. The number of sulfonamides is 1. The maximum atomic E-state index is 13.0. The molecule has 0 saturated heterocycles. The highest BCUT2D eigenvalue weighted by molar-refractivity contribution is 7.92. The lowest BCUT2D eigenvalue weighted by molar-refractivity contribution is 0.587. The molecule has 0 unspecified atom stereocenters. The third kappa shape index (κ3) is 3.78. The predicted molar refractivity (Wildman–Crippen MR) is 118 cm³/mol. The molecule has 3 heterocycles. The van der Waals surface area contributed by atoms with Gasteiger partial charge in [0.1, 0.15) is 17.6 Å². The van der Waals surface area contributed by atoms with Gasteiger partial charge in [-0.1, -0.05) is 32.9 Å². The largest absolute Gasteiger partial charge is 0.332 e. The molecule has 3 aromatic heterocycles. The Morgan fingerprint density at radius 1 is 1.10 bits per heavy atom. The molecule has 0 spiro atoms. The molecule has 0 radical (unpaired) electrons. The number of imidazole rings is 1. The van der Waals surface area contributed by atoms with Gasteiger partial charge >= 0.3 is 0 Å². The average molecular weight is 435 g/mol. The summed E-state index contributed by atoms with van der Waals surface area (Å²) in [6, 6.07) is 13.8. The van der Waals surface area contributed by atoms with Crippen LogP contribution in [0.25, 0.3) is 16.9 Å². The molecular formula is C22H22N6O2S. The zero-order valence-corrected chi connectivity index (χ0v) is 18.5. The van der Waals surface area contributed by atoms with Crippen LogP contribution in [0.5, 0.6) is 0 Å². The summed E-state index contributed by atoms with van der Waals surface area (Å²) in [5, 5.41) is 14.0. The van der Waals surface area contributed by atoms with Crippen molar-refractivity contribution >= 4 is 21.4 Å². The summed E-state index contributed by atoms with van der Waals surface area (Å²) in [7, 11) is -2.01. The molecule has 4 rings (SSSR count). The second kappa shape index (κ2) is 7.25. The first kappa shape index (κ1) is 20.6. The van der Waals surface area contributed by atoms with E-state index in [1.54, 1.807) is 41.4 Å². The topological polar surface area (TPSA) is 105 Å². The number of anilines is 1. The first-order chi connectivity index (χ1) is 14.6. The SMILES string of the molecule is Cn1cncc1-c1cc2c(C#N)ccc(NS(=O)(=O)c3ccc(C(C)(C)C)cc3)n2n1. The maximum absolute atomic E-state index is 13.0. The number of nitrogens with zero attached hydrogens (tertiary/aromatic N) is 5. The quantitative estimate of drug-likeness (QED) is 0.527. The number of aryl methyl sites for hydroxylation is 1. The zero-order chi connectivity index (χ0) is 22.4. The van der Waals surface area contributed by atoms with Crippen molar-refractivity contribution in [2.45, 2.75) is 31.1 Å². The van der Waals surface area contributed by atoms with Crippen LogP contribution in [0.15, 0.2) is 59.9 Å². The van der Waals surface area contributed by atoms with Crippen molar-refractivity contribution in [1.82, 2.24) is 19.2 Å². The fourth-order valence-electron chi connectivity index (χ4n) is 3.31. The average Bonchev–Trinajstić information content (AvgIpc) is 3.34. The van der Waals surface area contributed by atoms with Crippen molar-refractivity contribution in [3.63, 3.8) is 0 Å². The van der Waals surface area contributed by atoms with Gasteiger partial charge in [-0.3, -0.25) is 4.72 Å². The smallest absolute Gasteiger partial charge is 0.263 e. The molecule has 8 nitrogen and oxygen atoms in total. The summed E-state index contributed by atoms with van der Waals surface area (Å²) in [6.45, 7) is 6.21. The Morgan fingerprint density at radius 3 is 2.39 bits per heavy atom. The van der Waals surface area contributed by atoms with Crippen LogP contribution in [0.1, 0.15) is 31.9 Å². The summed E-state index contributed by atoms with van der Waals surface area (Å²) in [5.74, 6) is 0.238. The van der Waals surface area contributed by atoms with Gasteiger partial charge in [0, 0.05) is 7.05 Å². The monoisotopic (exact) mass is 434 g/mol. The molecule has 1 N–H and O–H groups in total. The zero-order valence-electron chi connectivity index (χ0n) is 17.7. The van der Waals surface area contributed by atoms with E-state index >= 15 is 0 Å². The molecule has 0 bridgehead atoms. The fraction of sp³-hybridized carbons (Fsp3) is 0.227. The van der Waals surface area contributed by atoms with E-state index in [1.165, 1.54) is 10.6 Å². The van der Waals surface area contributed by atoms with Crippen LogP contribution in [-0.2, 0) is 22.5 Å². The molecule has 0 aliphatic rings. The number of aromatic nitrogens is 4. The standard InChI is InChI=1S/C22H22N6O2S/c1-22(2,3)16-6-8-17(9-7-16)31(29,30)26-21-10-5-15(12-23)19-11-18(25-28(19)21)20-13-24-14-27(20)4/h5-11,13-14,26H,1-4H3. The number of hydrogen-bond donors (Lipinski definition) is 1. The minimum atomic E-state index is -3.85. The Kier molecular flexibility index (Phi) is 4.82. The van der Waals surface area contributed by atoms with Crippen LogP contribution in [0, 0.1) is 11.3 Å². The summed E-state index contributed by atoms with van der Waals surface area (Å²) >= 11 is 0. The second-order valence-electron chi connectivity index (χ2n) is 8.34. The number of hydrogen-bond acceptors (Lipinski definition) is 5. The molecule has 0 aliphatic heterocycles. The van der Waals surface area contributed by atoms with Gasteiger partial charge in [0.2, 0.25) is 0 Å². The normalized spacial score (nSPS) is 12.1. The molecule has 0 amide bonds. The van der Waals surface area contributed by atoms with Crippen molar-refractivity contribution in [2.75, 3.05) is 4.72 Å².